The molecule has 0 saturated heterocycles. The minimum Gasteiger partial charge on any atom is -0.481 e. The van der Waals surface area contributed by atoms with E-state index in [9.17, 15) is 19.3 Å². The number of halogens is 2. The van der Waals surface area contributed by atoms with E-state index in [0.717, 1.165) is 37.8 Å². The molecule has 1 unspecified atom stereocenters. The number of nitro groups is 1. The lowest BCUT2D eigenvalue weighted by molar-refractivity contribution is -0.386. The van der Waals surface area contributed by atoms with Gasteiger partial charge in [-0.1, -0.05) is 12.8 Å². The standard InChI is InChI=1S/C14H13BrFNO4/c15-9-5-8(16)6-10(17(19)20)13(9)21-12-7-11(18)14(12)3-1-2-4-14/h5-6,12H,1-4,7H2. The molecule has 1 aromatic rings. The van der Waals surface area contributed by atoms with E-state index in [4.69, 9.17) is 4.74 Å². The van der Waals surface area contributed by atoms with Crippen LogP contribution in [0.4, 0.5) is 10.1 Å². The molecule has 7 heteroatoms. The SMILES string of the molecule is O=C1CC(Oc2c(Br)cc(F)cc2[N+](=O)[O-])C12CCCC2. The summed E-state index contributed by atoms with van der Waals surface area (Å²) in [5.41, 5.74) is -0.906. The first kappa shape index (κ1) is 14.4. The highest BCUT2D eigenvalue weighted by Gasteiger charge is 2.57. The molecule has 1 spiro atoms. The lowest BCUT2D eigenvalue weighted by Gasteiger charge is -2.44. The molecule has 0 bridgehead atoms. The Bertz CT molecular complexity index is 628. The van der Waals surface area contributed by atoms with Gasteiger partial charge in [-0.3, -0.25) is 14.9 Å². The highest BCUT2D eigenvalue weighted by molar-refractivity contribution is 9.10. The van der Waals surface area contributed by atoms with E-state index in [2.05, 4.69) is 15.9 Å². The molecule has 2 fully saturated rings. The van der Waals surface area contributed by atoms with E-state index in [-0.39, 0.29) is 28.5 Å². The molecule has 2 aliphatic carbocycles. The van der Waals surface area contributed by atoms with Gasteiger partial charge in [0.15, 0.2) is 0 Å². The Morgan fingerprint density at radius 3 is 2.62 bits per heavy atom. The van der Waals surface area contributed by atoms with Crippen LogP contribution in [0.5, 0.6) is 5.75 Å². The van der Waals surface area contributed by atoms with Crippen molar-refractivity contribution in [2.45, 2.75) is 38.2 Å². The van der Waals surface area contributed by atoms with Crippen molar-refractivity contribution in [1.29, 1.82) is 0 Å². The molecule has 2 aliphatic rings. The Hall–Kier alpha value is -1.50. The van der Waals surface area contributed by atoms with Crippen LogP contribution in [0.1, 0.15) is 32.1 Å². The first-order chi connectivity index (χ1) is 9.94. The fourth-order valence-corrected chi connectivity index (χ4v) is 3.83. The van der Waals surface area contributed by atoms with Crippen LogP contribution in [0.2, 0.25) is 0 Å². The van der Waals surface area contributed by atoms with Crippen molar-refractivity contribution in [3.05, 3.63) is 32.5 Å². The summed E-state index contributed by atoms with van der Waals surface area (Å²) in [7, 11) is 0. The maximum Gasteiger partial charge on any atom is 0.315 e. The van der Waals surface area contributed by atoms with Gasteiger partial charge in [-0.15, -0.1) is 0 Å². The summed E-state index contributed by atoms with van der Waals surface area (Å²) in [6.45, 7) is 0. The molecule has 112 valence electrons. The van der Waals surface area contributed by atoms with Crippen LogP contribution in [-0.2, 0) is 4.79 Å². The highest BCUT2D eigenvalue weighted by Crippen LogP contribution is 2.53. The smallest absolute Gasteiger partial charge is 0.315 e. The van der Waals surface area contributed by atoms with Gasteiger partial charge in [-0.2, -0.15) is 0 Å². The predicted molar refractivity (Wildman–Crippen MR) is 75.7 cm³/mol. The number of hydrogen-bond acceptors (Lipinski definition) is 4. The van der Waals surface area contributed by atoms with E-state index in [1.807, 2.05) is 0 Å². The summed E-state index contributed by atoms with van der Waals surface area (Å²) >= 11 is 3.11. The quantitative estimate of drug-likeness (QED) is 0.609. The van der Waals surface area contributed by atoms with E-state index in [0.29, 0.717) is 0 Å². The van der Waals surface area contributed by atoms with E-state index >= 15 is 0 Å². The second-order valence-electron chi connectivity index (χ2n) is 5.59. The van der Waals surface area contributed by atoms with Gasteiger partial charge >= 0.3 is 5.69 Å². The Morgan fingerprint density at radius 1 is 1.38 bits per heavy atom. The number of rotatable bonds is 3. The largest absolute Gasteiger partial charge is 0.481 e. The van der Waals surface area contributed by atoms with Gasteiger partial charge in [0.25, 0.3) is 0 Å². The number of carbonyl (C=O) groups is 1. The molecular weight excluding hydrogens is 345 g/mol. The minimum absolute atomic E-state index is 0.00479. The van der Waals surface area contributed by atoms with E-state index in [1.54, 1.807) is 0 Å². The normalized spacial score (nSPS) is 23.1. The summed E-state index contributed by atoms with van der Waals surface area (Å²) in [4.78, 5) is 22.3. The Kier molecular flexibility index (Phi) is 3.47. The molecule has 0 radical (unpaired) electrons. The van der Waals surface area contributed by atoms with Gasteiger partial charge in [0.1, 0.15) is 17.7 Å². The van der Waals surface area contributed by atoms with Crippen molar-refractivity contribution in [3.63, 3.8) is 0 Å². The van der Waals surface area contributed by atoms with Gasteiger partial charge in [0, 0.05) is 6.42 Å². The van der Waals surface area contributed by atoms with Gasteiger partial charge in [-0.25, -0.2) is 4.39 Å². The van der Waals surface area contributed by atoms with Crippen molar-refractivity contribution >= 4 is 27.4 Å². The zero-order chi connectivity index (χ0) is 15.2. The van der Waals surface area contributed by atoms with E-state index < -0.39 is 21.8 Å². The summed E-state index contributed by atoms with van der Waals surface area (Å²) in [6.07, 6.45) is 3.39. The molecule has 0 heterocycles. The summed E-state index contributed by atoms with van der Waals surface area (Å²) in [5.74, 6) is -0.530. The number of ether oxygens (including phenoxy) is 1. The zero-order valence-electron chi connectivity index (χ0n) is 11.1. The number of nitro benzene ring substituents is 1. The second-order valence-corrected chi connectivity index (χ2v) is 6.44. The molecule has 1 aromatic carbocycles. The predicted octanol–water partition coefficient (Wildman–Crippen LogP) is 3.78. The fraction of sp³-hybridized carbons (Fsp3) is 0.500. The topological polar surface area (TPSA) is 69.4 Å². The van der Waals surface area contributed by atoms with Gasteiger partial charge in [0.2, 0.25) is 5.75 Å². The van der Waals surface area contributed by atoms with Crippen LogP contribution in [0.3, 0.4) is 0 Å². The van der Waals surface area contributed by atoms with Crippen LogP contribution < -0.4 is 4.74 Å². The molecule has 5 nitrogen and oxygen atoms in total. The van der Waals surface area contributed by atoms with Crippen LogP contribution in [0.25, 0.3) is 0 Å². The highest BCUT2D eigenvalue weighted by atomic mass is 79.9. The second kappa shape index (κ2) is 5.05. The van der Waals surface area contributed by atoms with Crippen LogP contribution in [0.15, 0.2) is 16.6 Å². The van der Waals surface area contributed by atoms with Crippen LogP contribution in [-0.4, -0.2) is 16.8 Å². The monoisotopic (exact) mass is 357 g/mol. The first-order valence-electron chi connectivity index (χ1n) is 6.77. The molecule has 0 N–H and O–H groups in total. The third-order valence-electron chi connectivity index (χ3n) is 4.48. The third kappa shape index (κ3) is 2.23. The lowest BCUT2D eigenvalue weighted by Crippen LogP contribution is -2.55. The van der Waals surface area contributed by atoms with Crippen molar-refractivity contribution < 1.29 is 18.8 Å². The zero-order valence-corrected chi connectivity index (χ0v) is 12.7. The average molecular weight is 358 g/mol. The maximum absolute atomic E-state index is 13.3. The Morgan fingerprint density at radius 2 is 2.05 bits per heavy atom. The number of ketones is 1. The van der Waals surface area contributed by atoms with Gasteiger partial charge in [0.05, 0.1) is 20.9 Å². The third-order valence-corrected chi connectivity index (χ3v) is 5.07. The summed E-state index contributed by atoms with van der Waals surface area (Å²) < 4.78 is 19.3. The molecule has 21 heavy (non-hydrogen) atoms. The maximum atomic E-state index is 13.3. The van der Waals surface area contributed by atoms with Gasteiger partial charge in [-0.05, 0) is 34.8 Å². The van der Waals surface area contributed by atoms with E-state index in [1.165, 1.54) is 0 Å². The molecular formula is C14H13BrFNO4. The molecule has 2 saturated carbocycles. The van der Waals surface area contributed by atoms with Crippen molar-refractivity contribution in [1.82, 2.24) is 0 Å². The fourth-order valence-electron chi connectivity index (χ4n) is 3.32. The van der Waals surface area contributed by atoms with Crippen molar-refractivity contribution in [2.24, 2.45) is 5.41 Å². The molecule has 0 amide bonds. The van der Waals surface area contributed by atoms with Crippen molar-refractivity contribution in [3.8, 4) is 5.75 Å². The molecule has 3 rings (SSSR count). The minimum atomic E-state index is -0.707. The number of carbonyl (C=O) groups excluding carboxylic acids is 1. The Balaban J connectivity index is 1.92. The molecule has 1 atom stereocenters. The average Bonchev–Trinajstić information content (AvgIpc) is 2.92. The molecule has 0 aromatic heterocycles. The van der Waals surface area contributed by atoms with Crippen LogP contribution in [0, 0.1) is 21.3 Å². The number of benzene rings is 1. The number of nitrogens with zero attached hydrogens (tertiary/aromatic N) is 1. The Labute approximate surface area is 128 Å². The first-order valence-corrected chi connectivity index (χ1v) is 7.57. The summed E-state index contributed by atoms with van der Waals surface area (Å²) in [5, 5.41) is 11.1. The lowest BCUT2D eigenvalue weighted by atomic mass is 9.63. The number of Topliss-reactive ketones (excluding diaryl/α,β-unsaturated/α-hetero) is 1. The summed E-state index contributed by atoms with van der Waals surface area (Å²) in [6, 6.07) is 1.96. The van der Waals surface area contributed by atoms with Crippen LogP contribution >= 0.6 is 15.9 Å². The molecule has 0 aliphatic heterocycles. The number of hydrogen-bond donors (Lipinski definition) is 0. The van der Waals surface area contributed by atoms with Gasteiger partial charge < -0.3 is 4.74 Å². The van der Waals surface area contributed by atoms with Crippen molar-refractivity contribution in [2.75, 3.05) is 0 Å².